The molecular weight excluding hydrogens is 378 g/mol. The van der Waals surface area contributed by atoms with Crippen LogP contribution in [0.2, 0.25) is 0 Å². The van der Waals surface area contributed by atoms with E-state index in [9.17, 15) is 14.7 Å². The van der Waals surface area contributed by atoms with Gasteiger partial charge >= 0.3 is 5.97 Å². The maximum absolute atomic E-state index is 12.5. The molecule has 2 N–H and O–H groups in total. The van der Waals surface area contributed by atoms with E-state index < -0.39 is 11.9 Å². The molecule has 0 unspecified atom stereocenters. The van der Waals surface area contributed by atoms with Crippen molar-refractivity contribution < 1.29 is 19.4 Å². The summed E-state index contributed by atoms with van der Waals surface area (Å²) in [7, 11) is 0. The summed E-state index contributed by atoms with van der Waals surface area (Å²) in [5.74, 6) is -0.368. The van der Waals surface area contributed by atoms with Gasteiger partial charge in [-0.2, -0.15) is 0 Å². The maximum atomic E-state index is 12.5. The molecule has 0 bridgehead atoms. The predicted octanol–water partition coefficient (Wildman–Crippen LogP) is 5.86. The van der Waals surface area contributed by atoms with Crippen LogP contribution in [0.3, 0.4) is 0 Å². The zero-order valence-electron chi connectivity index (χ0n) is 17.7. The molecule has 0 aliphatic heterocycles. The first kappa shape index (κ1) is 22.7. The third-order valence-electron chi connectivity index (χ3n) is 4.41. The van der Waals surface area contributed by atoms with Gasteiger partial charge in [-0.3, -0.25) is 4.79 Å². The largest absolute Gasteiger partial charge is 0.478 e. The zero-order chi connectivity index (χ0) is 22.3. The van der Waals surface area contributed by atoms with E-state index in [2.05, 4.69) is 32.7 Å². The molecule has 0 aromatic heterocycles. The van der Waals surface area contributed by atoms with Crippen LogP contribution in [0.25, 0.3) is 0 Å². The van der Waals surface area contributed by atoms with Crippen molar-refractivity contribution in [1.29, 1.82) is 0 Å². The van der Waals surface area contributed by atoms with E-state index in [0.717, 1.165) is 5.75 Å². The Labute approximate surface area is 177 Å². The monoisotopic (exact) mass is 405 g/mol. The van der Waals surface area contributed by atoms with Crippen LogP contribution in [-0.2, 0) is 15.0 Å². The number of nitrogens with one attached hydrogen (secondary N) is 1. The first-order valence-electron chi connectivity index (χ1n) is 9.58. The number of hydrogen-bond acceptors (Lipinski definition) is 3. The van der Waals surface area contributed by atoms with Gasteiger partial charge in [-0.1, -0.05) is 51.6 Å². The molecule has 0 saturated heterocycles. The van der Waals surface area contributed by atoms with E-state index in [4.69, 9.17) is 4.74 Å². The van der Waals surface area contributed by atoms with Crippen molar-refractivity contribution in [1.82, 2.24) is 0 Å². The van der Waals surface area contributed by atoms with Crippen molar-refractivity contribution in [2.24, 2.45) is 0 Å². The number of ether oxygens (including phenoxy) is 1. The topological polar surface area (TPSA) is 75.6 Å². The van der Waals surface area contributed by atoms with E-state index in [1.165, 1.54) is 23.8 Å². The lowest BCUT2D eigenvalue weighted by atomic mass is 9.87. The Morgan fingerprint density at radius 3 is 1.93 bits per heavy atom. The third-order valence-corrected chi connectivity index (χ3v) is 4.41. The van der Waals surface area contributed by atoms with Crippen molar-refractivity contribution in [2.45, 2.75) is 33.1 Å². The van der Waals surface area contributed by atoms with Crippen LogP contribution in [0.15, 0.2) is 84.5 Å². The van der Waals surface area contributed by atoms with E-state index in [1.807, 2.05) is 24.3 Å². The van der Waals surface area contributed by atoms with Crippen molar-refractivity contribution in [2.75, 3.05) is 5.32 Å². The van der Waals surface area contributed by atoms with E-state index in [1.54, 1.807) is 31.2 Å². The molecule has 0 aliphatic rings. The minimum atomic E-state index is -1.18. The van der Waals surface area contributed by atoms with Gasteiger partial charge in [0.15, 0.2) is 0 Å². The van der Waals surface area contributed by atoms with Gasteiger partial charge in [-0.15, -0.1) is 0 Å². The lowest BCUT2D eigenvalue weighted by Gasteiger charge is -2.19. The first-order valence-corrected chi connectivity index (χ1v) is 9.58. The molecule has 2 aromatic rings. The molecule has 0 radical (unpaired) electrons. The molecule has 5 nitrogen and oxygen atoms in total. The van der Waals surface area contributed by atoms with Crippen LogP contribution in [0.5, 0.6) is 11.5 Å². The summed E-state index contributed by atoms with van der Waals surface area (Å²) in [6.45, 7) is 11.6. The highest BCUT2D eigenvalue weighted by molar-refractivity contribution is 6.13. The second-order valence-corrected chi connectivity index (χ2v) is 7.68. The molecule has 0 saturated carbocycles. The molecule has 0 aliphatic carbocycles. The average Bonchev–Trinajstić information content (AvgIpc) is 2.69. The Bertz CT molecular complexity index is 975. The Morgan fingerprint density at radius 2 is 1.50 bits per heavy atom. The lowest BCUT2D eigenvalue weighted by molar-refractivity contribution is -0.132. The van der Waals surface area contributed by atoms with Crippen LogP contribution >= 0.6 is 0 Å². The summed E-state index contributed by atoms with van der Waals surface area (Å²) in [6.07, 6.45) is 4.12. The molecule has 0 spiro atoms. The zero-order valence-corrected chi connectivity index (χ0v) is 17.7. The molecular formula is C25H27NO4. The highest BCUT2D eigenvalue weighted by Gasteiger charge is 2.19. The quantitative estimate of drug-likeness (QED) is 0.447. The number of carbonyl (C=O) groups is 2. The van der Waals surface area contributed by atoms with Crippen molar-refractivity contribution in [3.05, 3.63) is 90.0 Å². The second kappa shape index (κ2) is 9.74. The third kappa shape index (κ3) is 5.95. The molecule has 0 heterocycles. The number of amides is 1. The second-order valence-electron chi connectivity index (χ2n) is 7.68. The number of carbonyl (C=O) groups excluding carboxylic acids is 1. The highest BCUT2D eigenvalue weighted by atomic mass is 16.5. The van der Waals surface area contributed by atoms with Crippen molar-refractivity contribution in [3.63, 3.8) is 0 Å². The number of carboxylic acids is 1. The van der Waals surface area contributed by atoms with Crippen LogP contribution in [0.4, 0.5) is 5.69 Å². The molecule has 0 atom stereocenters. The summed E-state index contributed by atoms with van der Waals surface area (Å²) in [5.41, 5.74) is 1.75. The summed E-state index contributed by atoms with van der Waals surface area (Å²) in [5, 5.41) is 12.0. The number of aliphatic carboxylic acids is 1. The van der Waals surface area contributed by atoms with Gasteiger partial charge < -0.3 is 15.2 Å². The number of hydrogen-bond donors (Lipinski definition) is 2. The fourth-order valence-electron chi connectivity index (χ4n) is 2.76. The highest BCUT2D eigenvalue weighted by Crippen LogP contribution is 2.27. The smallest absolute Gasteiger partial charge is 0.336 e. The van der Waals surface area contributed by atoms with E-state index >= 15 is 0 Å². The van der Waals surface area contributed by atoms with Crippen LogP contribution in [-0.4, -0.2) is 17.0 Å². The molecule has 2 aromatic carbocycles. The molecule has 2 rings (SSSR count). The molecule has 30 heavy (non-hydrogen) atoms. The predicted molar refractivity (Wildman–Crippen MR) is 120 cm³/mol. The standard InChI is InChI=1S/C25H27NO4/c1-6-8-22(21(7-2)24(28)29)23(27)26-18-11-15-20(16-12-18)30-19-13-9-17(10-14-19)25(3,4)5/h6-16H,1H2,2-5H3,(H,26,27)(H,28,29)/b21-7+,22-8+. The first-order chi connectivity index (χ1) is 14.2. The number of benzene rings is 2. The maximum Gasteiger partial charge on any atom is 0.336 e. The van der Waals surface area contributed by atoms with Gasteiger partial charge in [0.05, 0.1) is 11.1 Å². The Kier molecular flexibility index (Phi) is 7.37. The van der Waals surface area contributed by atoms with Gasteiger partial charge in [0.25, 0.3) is 5.91 Å². The number of carboxylic acid groups (broad SMARTS) is 1. The summed E-state index contributed by atoms with van der Waals surface area (Å²) in [6, 6.07) is 14.8. The molecule has 1 amide bonds. The van der Waals surface area contributed by atoms with E-state index in [0.29, 0.717) is 11.4 Å². The lowest BCUT2D eigenvalue weighted by Crippen LogP contribution is -2.19. The van der Waals surface area contributed by atoms with Gasteiger partial charge in [-0.05, 0) is 60.4 Å². The summed E-state index contributed by atoms with van der Waals surface area (Å²) >= 11 is 0. The van der Waals surface area contributed by atoms with Crippen LogP contribution in [0, 0.1) is 0 Å². The van der Waals surface area contributed by atoms with Gasteiger partial charge in [0, 0.05) is 5.69 Å². The SMILES string of the molecule is C=C/C=C(C(=O)Nc1ccc(Oc2ccc(C(C)(C)C)cc2)cc1)\C(=C/C)C(=O)O. The fourth-order valence-corrected chi connectivity index (χ4v) is 2.76. The summed E-state index contributed by atoms with van der Waals surface area (Å²) in [4.78, 5) is 23.9. The van der Waals surface area contributed by atoms with Gasteiger partial charge in [0.1, 0.15) is 11.5 Å². The van der Waals surface area contributed by atoms with Crippen molar-refractivity contribution in [3.8, 4) is 11.5 Å². The molecule has 156 valence electrons. The van der Waals surface area contributed by atoms with Crippen molar-refractivity contribution >= 4 is 17.6 Å². The Hall–Kier alpha value is -3.60. The number of allylic oxidation sites excluding steroid dienone is 3. The minimum Gasteiger partial charge on any atom is -0.478 e. The number of anilines is 1. The normalized spacial score (nSPS) is 12.3. The molecule has 0 fully saturated rings. The Balaban J connectivity index is 2.10. The average molecular weight is 405 g/mol. The number of rotatable bonds is 7. The van der Waals surface area contributed by atoms with Crippen LogP contribution in [0.1, 0.15) is 33.3 Å². The van der Waals surface area contributed by atoms with Crippen LogP contribution < -0.4 is 10.1 Å². The summed E-state index contributed by atoms with van der Waals surface area (Å²) < 4.78 is 5.85. The van der Waals surface area contributed by atoms with Gasteiger partial charge in [-0.25, -0.2) is 4.79 Å². The minimum absolute atomic E-state index is 0.0271. The molecule has 5 heteroatoms. The fraction of sp³-hybridized carbons (Fsp3) is 0.200. The van der Waals surface area contributed by atoms with E-state index in [-0.39, 0.29) is 16.6 Å². The Morgan fingerprint density at radius 1 is 0.967 bits per heavy atom. The van der Waals surface area contributed by atoms with Gasteiger partial charge in [0.2, 0.25) is 0 Å².